The van der Waals surface area contributed by atoms with Crippen LogP contribution in [0.25, 0.3) is 0 Å². The van der Waals surface area contributed by atoms with Gasteiger partial charge in [-0.05, 0) is 12.8 Å². The van der Waals surface area contributed by atoms with Gasteiger partial charge < -0.3 is 21.5 Å². The molecule has 116 valence electrons. The monoisotopic (exact) mass is 305 g/mol. The molecule has 20 heavy (non-hydrogen) atoms. The first kappa shape index (κ1) is 18.7. The van der Waals surface area contributed by atoms with Gasteiger partial charge in [-0.15, -0.1) is 0 Å². The Morgan fingerprint density at radius 3 is 2.15 bits per heavy atom. The number of rotatable bonds is 8. The normalized spacial score (nSPS) is 16.6. The molecule has 0 radical (unpaired) electrons. The standard InChI is InChI=1S/C12H23N3O4S/c1-4-6(2)9(13)11(17)14-7(3)10(16)15-8(5-20)12(18)19/h6-9,20H,4-5,13H2,1-3H3,(H,14,17)(H,15,16)(H,18,19)/t6-,7-,8-,9-/m0/s1. The Bertz CT molecular complexity index is 365. The maximum absolute atomic E-state index is 11.8. The summed E-state index contributed by atoms with van der Waals surface area (Å²) in [6.07, 6.45) is 0.746. The SMILES string of the molecule is CC[C@H](C)[C@H](N)C(=O)N[C@@H](C)C(=O)N[C@@H](CS)C(=O)O. The number of hydrogen-bond acceptors (Lipinski definition) is 5. The number of carbonyl (C=O) groups excluding carboxylic acids is 2. The lowest BCUT2D eigenvalue weighted by atomic mass is 9.99. The smallest absolute Gasteiger partial charge is 0.327 e. The highest BCUT2D eigenvalue weighted by Gasteiger charge is 2.25. The number of amides is 2. The number of carbonyl (C=O) groups is 3. The molecule has 0 aromatic carbocycles. The Morgan fingerprint density at radius 2 is 1.75 bits per heavy atom. The van der Waals surface area contributed by atoms with Gasteiger partial charge in [0.1, 0.15) is 12.1 Å². The summed E-state index contributed by atoms with van der Waals surface area (Å²) in [6.45, 7) is 5.22. The van der Waals surface area contributed by atoms with E-state index in [2.05, 4.69) is 23.3 Å². The summed E-state index contributed by atoms with van der Waals surface area (Å²) >= 11 is 3.84. The summed E-state index contributed by atoms with van der Waals surface area (Å²) in [5, 5.41) is 13.6. The molecule has 0 unspecified atom stereocenters. The van der Waals surface area contributed by atoms with Crippen LogP contribution in [0.15, 0.2) is 0 Å². The third-order valence-corrected chi connectivity index (χ3v) is 3.47. The van der Waals surface area contributed by atoms with E-state index >= 15 is 0 Å². The predicted octanol–water partition coefficient (Wildman–Crippen LogP) is -0.636. The van der Waals surface area contributed by atoms with Crippen LogP contribution in [-0.4, -0.2) is 46.8 Å². The quantitative estimate of drug-likeness (QED) is 0.382. The minimum Gasteiger partial charge on any atom is -0.480 e. The zero-order chi connectivity index (χ0) is 15.9. The summed E-state index contributed by atoms with van der Waals surface area (Å²) < 4.78 is 0. The molecule has 8 heteroatoms. The predicted molar refractivity (Wildman–Crippen MR) is 78.5 cm³/mol. The molecule has 0 aliphatic rings. The van der Waals surface area contributed by atoms with Gasteiger partial charge in [-0.1, -0.05) is 20.3 Å². The van der Waals surface area contributed by atoms with E-state index in [1.165, 1.54) is 6.92 Å². The van der Waals surface area contributed by atoms with Crippen molar-refractivity contribution in [1.29, 1.82) is 0 Å². The van der Waals surface area contributed by atoms with Crippen molar-refractivity contribution in [2.75, 3.05) is 5.75 Å². The molecule has 0 aromatic heterocycles. The Hall–Kier alpha value is -1.28. The topological polar surface area (TPSA) is 122 Å². The van der Waals surface area contributed by atoms with Crippen molar-refractivity contribution >= 4 is 30.4 Å². The summed E-state index contributed by atoms with van der Waals surface area (Å²) in [7, 11) is 0. The summed E-state index contributed by atoms with van der Waals surface area (Å²) in [5.74, 6) is -2.23. The van der Waals surface area contributed by atoms with Crippen LogP contribution in [0.2, 0.25) is 0 Å². The lowest BCUT2D eigenvalue weighted by molar-refractivity contribution is -0.141. The fourth-order valence-electron chi connectivity index (χ4n) is 1.37. The lowest BCUT2D eigenvalue weighted by Gasteiger charge is -2.21. The van der Waals surface area contributed by atoms with E-state index in [-0.39, 0.29) is 11.7 Å². The van der Waals surface area contributed by atoms with Crippen LogP contribution in [0, 0.1) is 5.92 Å². The Kier molecular flexibility index (Phi) is 8.24. The second-order valence-electron chi connectivity index (χ2n) is 4.72. The van der Waals surface area contributed by atoms with E-state index < -0.39 is 35.9 Å². The molecule has 0 aliphatic heterocycles. The van der Waals surface area contributed by atoms with E-state index in [4.69, 9.17) is 10.8 Å². The van der Waals surface area contributed by atoms with Crippen LogP contribution in [0.3, 0.4) is 0 Å². The van der Waals surface area contributed by atoms with Gasteiger partial charge in [-0.25, -0.2) is 4.79 Å². The van der Waals surface area contributed by atoms with Crippen LogP contribution in [-0.2, 0) is 14.4 Å². The Balaban J connectivity index is 4.46. The second kappa shape index (κ2) is 8.80. The van der Waals surface area contributed by atoms with E-state index in [9.17, 15) is 14.4 Å². The molecule has 0 bridgehead atoms. The van der Waals surface area contributed by atoms with Crippen molar-refractivity contribution in [3.63, 3.8) is 0 Å². The zero-order valence-electron chi connectivity index (χ0n) is 11.9. The molecule has 0 aromatic rings. The zero-order valence-corrected chi connectivity index (χ0v) is 12.8. The maximum Gasteiger partial charge on any atom is 0.327 e. The second-order valence-corrected chi connectivity index (χ2v) is 5.09. The van der Waals surface area contributed by atoms with E-state index in [1.54, 1.807) is 0 Å². The van der Waals surface area contributed by atoms with Gasteiger partial charge in [-0.2, -0.15) is 12.6 Å². The van der Waals surface area contributed by atoms with E-state index in [1.807, 2.05) is 13.8 Å². The van der Waals surface area contributed by atoms with E-state index in [0.29, 0.717) is 0 Å². The molecule has 0 spiro atoms. The van der Waals surface area contributed by atoms with Crippen molar-refractivity contribution in [2.24, 2.45) is 11.7 Å². The molecule has 2 amide bonds. The number of hydrogen-bond donors (Lipinski definition) is 5. The van der Waals surface area contributed by atoms with Gasteiger partial charge in [0.2, 0.25) is 11.8 Å². The fourth-order valence-corrected chi connectivity index (χ4v) is 1.62. The van der Waals surface area contributed by atoms with Gasteiger partial charge >= 0.3 is 5.97 Å². The first-order chi connectivity index (χ1) is 9.24. The molecule has 0 aliphatic carbocycles. The third-order valence-electron chi connectivity index (χ3n) is 3.11. The molecule has 0 rings (SSSR count). The van der Waals surface area contributed by atoms with Crippen molar-refractivity contribution in [3.05, 3.63) is 0 Å². The van der Waals surface area contributed by atoms with Crippen molar-refractivity contribution < 1.29 is 19.5 Å². The first-order valence-corrected chi connectivity index (χ1v) is 7.07. The van der Waals surface area contributed by atoms with Gasteiger partial charge in [0.05, 0.1) is 6.04 Å². The summed E-state index contributed by atoms with van der Waals surface area (Å²) in [5.41, 5.74) is 5.75. The van der Waals surface area contributed by atoms with Crippen molar-refractivity contribution in [3.8, 4) is 0 Å². The summed E-state index contributed by atoms with van der Waals surface area (Å²) in [4.78, 5) is 34.3. The highest BCUT2D eigenvalue weighted by molar-refractivity contribution is 7.80. The highest BCUT2D eigenvalue weighted by Crippen LogP contribution is 2.05. The number of carboxylic acids is 1. The molecule has 5 N–H and O–H groups in total. The summed E-state index contributed by atoms with van der Waals surface area (Å²) in [6, 6.07) is -2.65. The fraction of sp³-hybridized carbons (Fsp3) is 0.750. The largest absolute Gasteiger partial charge is 0.480 e. The molecular weight excluding hydrogens is 282 g/mol. The Labute approximate surface area is 124 Å². The Morgan fingerprint density at radius 1 is 1.20 bits per heavy atom. The first-order valence-electron chi connectivity index (χ1n) is 6.44. The van der Waals surface area contributed by atoms with Crippen LogP contribution < -0.4 is 16.4 Å². The number of nitrogens with one attached hydrogen (secondary N) is 2. The molecule has 0 heterocycles. The lowest BCUT2D eigenvalue weighted by Crippen LogP contribution is -2.54. The van der Waals surface area contributed by atoms with Crippen LogP contribution >= 0.6 is 12.6 Å². The molecule has 0 fully saturated rings. The minimum absolute atomic E-state index is 0.00512. The van der Waals surface area contributed by atoms with Crippen molar-refractivity contribution in [1.82, 2.24) is 10.6 Å². The van der Waals surface area contributed by atoms with Crippen molar-refractivity contribution in [2.45, 2.75) is 45.3 Å². The van der Waals surface area contributed by atoms with Gasteiger partial charge in [0.15, 0.2) is 0 Å². The maximum atomic E-state index is 11.8. The molecule has 0 saturated heterocycles. The highest BCUT2D eigenvalue weighted by atomic mass is 32.1. The van der Waals surface area contributed by atoms with Gasteiger partial charge in [-0.3, -0.25) is 9.59 Å². The molecule has 4 atom stereocenters. The number of carboxylic acid groups (broad SMARTS) is 1. The van der Waals surface area contributed by atoms with Crippen LogP contribution in [0.5, 0.6) is 0 Å². The van der Waals surface area contributed by atoms with Crippen LogP contribution in [0.4, 0.5) is 0 Å². The number of nitrogens with two attached hydrogens (primary N) is 1. The average molecular weight is 305 g/mol. The average Bonchev–Trinajstić information content (AvgIpc) is 2.41. The molecular formula is C12H23N3O4S. The molecule has 0 saturated carbocycles. The van der Waals surface area contributed by atoms with Gasteiger partial charge in [0, 0.05) is 5.75 Å². The van der Waals surface area contributed by atoms with Gasteiger partial charge in [0.25, 0.3) is 0 Å². The van der Waals surface area contributed by atoms with Crippen LogP contribution in [0.1, 0.15) is 27.2 Å². The third kappa shape index (κ3) is 5.79. The number of thiol groups is 1. The van der Waals surface area contributed by atoms with E-state index in [0.717, 1.165) is 6.42 Å². The molecule has 7 nitrogen and oxygen atoms in total. The minimum atomic E-state index is -1.18. The number of aliphatic carboxylic acids is 1.